The van der Waals surface area contributed by atoms with Crippen LogP contribution in [0.3, 0.4) is 0 Å². The number of nitrogens with one attached hydrogen (secondary N) is 1. The first-order valence-electron chi connectivity index (χ1n) is 10.5. The molecule has 166 valence electrons. The van der Waals surface area contributed by atoms with Crippen molar-refractivity contribution in [1.82, 2.24) is 9.55 Å². The van der Waals surface area contributed by atoms with Crippen LogP contribution in [-0.4, -0.2) is 27.9 Å². The fraction of sp³-hybridized carbons (Fsp3) is 0.160. The Morgan fingerprint density at radius 1 is 1.06 bits per heavy atom. The molecule has 0 aliphatic carbocycles. The van der Waals surface area contributed by atoms with Crippen LogP contribution < -0.4 is 10.2 Å². The molecule has 1 aliphatic heterocycles. The number of hydrogen-bond acceptors (Lipinski definition) is 3. The van der Waals surface area contributed by atoms with E-state index in [1.807, 2.05) is 6.07 Å². The Bertz CT molecular complexity index is 1410. The van der Waals surface area contributed by atoms with Crippen LogP contribution in [0.4, 0.5) is 20.3 Å². The summed E-state index contributed by atoms with van der Waals surface area (Å²) in [6, 6.07) is 13.9. The van der Waals surface area contributed by atoms with E-state index in [0.717, 1.165) is 5.56 Å². The molecule has 33 heavy (non-hydrogen) atoms. The minimum Gasteiger partial charge on any atom is -0.332 e. The highest BCUT2D eigenvalue weighted by molar-refractivity contribution is 6.06. The van der Waals surface area contributed by atoms with Gasteiger partial charge in [-0.15, -0.1) is 0 Å². The Morgan fingerprint density at radius 2 is 1.88 bits per heavy atom. The topological polar surface area (TPSA) is 67.2 Å². The lowest BCUT2D eigenvalue weighted by Gasteiger charge is -2.14. The Balaban J connectivity index is 1.49. The van der Waals surface area contributed by atoms with Gasteiger partial charge in [0.25, 0.3) is 5.91 Å². The van der Waals surface area contributed by atoms with Gasteiger partial charge in [0, 0.05) is 30.9 Å². The summed E-state index contributed by atoms with van der Waals surface area (Å²) in [5, 5.41) is 3.42. The largest absolute Gasteiger partial charge is 0.332 e. The zero-order valence-electron chi connectivity index (χ0n) is 17.8. The van der Waals surface area contributed by atoms with Crippen molar-refractivity contribution in [3.05, 3.63) is 89.2 Å². The van der Waals surface area contributed by atoms with Crippen molar-refractivity contribution in [2.45, 2.75) is 19.9 Å². The Kier molecular flexibility index (Phi) is 5.12. The monoisotopic (exact) mass is 446 g/mol. The van der Waals surface area contributed by atoms with Crippen molar-refractivity contribution in [1.29, 1.82) is 0 Å². The number of fused-ring (bicyclic) bond motifs is 2. The normalized spacial score (nSPS) is 12.8. The molecular weight excluding hydrogens is 426 g/mol. The molecule has 8 heteroatoms. The summed E-state index contributed by atoms with van der Waals surface area (Å²) in [7, 11) is 0. The van der Waals surface area contributed by atoms with Crippen molar-refractivity contribution < 1.29 is 18.4 Å². The molecule has 2 amide bonds. The van der Waals surface area contributed by atoms with E-state index in [-0.39, 0.29) is 18.3 Å². The molecule has 2 aromatic heterocycles. The third kappa shape index (κ3) is 3.95. The van der Waals surface area contributed by atoms with Crippen molar-refractivity contribution in [2.24, 2.45) is 0 Å². The minimum atomic E-state index is -0.407. The van der Waals surface area contributed by atoms with Crippen LogP contribution in [0.25, 0.3) is 10.9 Å². The van der Waals surface area contributed by atoms with Gasteiger partial charge in [0.15, 0.2) is 0 Å². The van der Waals surface area contributed by atoms with E-state index in [1.165, 1.54) is 37.4 Å². The maximum Gasteiger partial charge on any atom is 0.272 e. The van der Waals surface area contributed by atoms with E-state index in [9.17, 15) is 18.4 Å². The van der Waals surface area contributed by atoms with Crippen LogP contribution in [-0.2, 0) is 17.8 Å². The van der Waals surface area contributed by atoms with Gasteiger partial charge in [-0.25, -0.2) is 13.8 Å². The number of nitrogens with zero attached hydrogens (tertiary/aromatic N) is 3. The highest BCUT2D eigenvalue weighted by Crippen LogP contribution is 2.29. The molecule has 1 N–H and O–H groups in total. The molecule has 0 fully saturated rings. The number of anilines is 2. The van der Waals surface area contributed by atoms with Gasteiger partial charge >= 0.3 is 0 Å². The van der Waals surface area contributed by atoms with Crippen LogP contribution >= 0.6 is 0 Å². The molecular formula is C25H20F2N4O2. The van der Waals surface area contributed by atoms with Gasteiger partial charge in [0.05, 0.1) is 11.9 Å². The average molecular weight is 446 g/mol. The lowest BCUT2D eigenvalue weighted by Crippen LogP contribution is -2.26. The van der Waals surface area contributed by atoms with Crippen molar-refractivity contribution in [2.75, 3.05) is 16.8 Å². The number of pyridine rings is 1. The van der Waals surface area contributed by atoms with Gasteiger partial charge < -0.3 is 9.88 Å². The average Bonchev–Trinajstić information content (AvgIpc) is 3.35. The van der Waals surface area contributed by atoms with Crippen molar-refractivity contribution in [3.8, 4) is 0 Å². The molecule has 0 saturated carbocycles. The number of aromatic nitrogens is 2. The van der Waals surface area contributed by atoms with Gasteiger partial charge in [-0.3, -0.25) is 14.5 Å². The highest BCUT2D eigenvalue weighted by Gasteiger charge is 2.24. The second-order valence-electron chi connectivity index (χ2n) is 8.03. The smallest absolute Gasteiger partial charge is 0.272 e. The lowest BCUT2D eigenvalue weighted by atomic mass is 10.2. The van der Waals surface area contributed by atoms with E-state index in [0.29, 0.717) is 46.6 Å². The molecule has 2 aromatic carbocycles. The summed E-state index contributed by atoms with van der Waals surface area (Å²) < 4.78 is 29.3. The molecule has 5 rings (SSSR count). The molecule has 0 radical (unpaired) electrons. The van der Waals surface area contributed by atoms with Gasteiger partial charge in [-0.2, -0.15) is 0 Å². The zero-order valence-corrected chi connectivity index (χ0v) is 17.8. The number of hydrogen-bond donors (Lipinski definition) is 1. The van der Waals surface area contributed by atoms with Crippen molar-refractivity contribution in [3.63, 3.8) is 0 Å². The molecule has 0 saturated heterocycles. The molecule has 0 bridgehead atoms. The fourth-order valence-electron chi connectivity index (χ4n) is 4.26. The summed E-state index contributed by atoms with van der Waals surface area (Å²) in [5.41, 5.74) is 3.03. The summed E-state index contributed by atoms with van der Waals surface area (Å²) in [6.07, 6.45) is 2.17. The molecule has 3 heterocycles. The molecule has 1 aliphatic rings. The zero-order chi connectivity index (χ0) is 23.1. The van der Waals surface area contributed by atoms with Crippen LogP contribution in [0.5, 0.6) is 0 Å². The van der Waals surface area contributed by atoms with Crippen LogP contribution in [0.15, 0.2) is 60.8 Å². The van der Waals surface area contributed by atoms with E-state index in [1.54, 1.807) is 33.7 Å². The van der Waals surface area contributed by atoms with E-state index in [4.69, 9.17) is 0 Å². The van der Waals surface area contributed by atoms with Gasteiger partial charge in [0.1, 0.15) is 23.1 Å². The first kappa shape index (κ1) is 20.8. The summed E-state index contributed by atoms with van der Waals surface area (Å²) >= 11 is 0. The van der Waals surface area contributed by atoms with Crippen LogP contribution in [0, 0.1) is 11.6 Å². The first-order valence-corrected chi connectivity index (χ1v) is 10.5. The van der Waals surface area contributed by atoms with E-state index in [2.05, 4.69) is 10.3 Å². The molecule has 0 spiro atoms. The summed E-state index contributed by atoms with van der Waals surface area (Å²) in [4.78, 5) is 30.9. The third-order valence-corrected chi connectivity index (χ3v) is 5.77. The maximum absolute atomic E-state index is 13.8. The second-order valence-corrected chi connectivity index (χ2v) is 8.03. The fourth-order valence-corrected chi connectivity index (χ4v) is 4.26. The SMILES string of the molecule is CC(=O)N1CCc2cc(NC(=O)c3cc4cc(F)ccc4n3Cc3cccc(F)c3)cnc21. The first-order chi connectivity index (χ1) is 15.9. The number of benzene rings is 2. The lowest BCUT2D eigenvalue weighted by molar-refractivity contribution is -0.116. The van der Waals surface area contributed by atoms with Gasteiger partial charge in [-0.1, -0.05) is 12.1 Å². The minimum absolute atomic E-state index is 0.0767. The van der Waals surface area contributed by atoms with Gasteiger partial charge in [0.2, 0.25) is 5.91 Å². The number of rotatable bonds is 4. The molecule has 0 unspecified atom stereocenters. The summed E-state index contributed by atoms with van der Waals surface area (Å²) in [6.45, 7) is 2.29. The molecule has 6 nitrogen and oxygen atoms in total. The number of carbonyl (C=O) groups is 2. The van der Waals surface area contributed by atoms with Crippen LogP contribution in [0.2, 0.25) is 0 Å². The third-order valence-electron chi connectivity index (χ3n) is 5.77. The number of amides is 2. The Morgan fingerprint density at radius 3 is 2.67 bits per heavy atom. The predicted molar refractivity (Wildman–Crippen MR) is 121 cm³/mol. The Labute approximate surface area is 188 Å². The van der Waals surface area contributed by atoms with Crippen molar-refractivity contribution >= 4 is 34.2 Å². The number of carbonyl (C=O) groups excluding carboxylic acids is 2. The van der Waals surface area contributed by atoms with E-state index < -0.39 is 11.7 Å². The Hall–Kier alpha value is -4.07. The summed E-state index contributed by atoms with van der Waals surface area (Å²) in [5.74, 6) is -0.644. The maximum atomic E-state index is 13.8. The predicted octanol–water partition coefficient (Wildman–Crippen LogP) is 4.52. The quantitative estimate of drug-likeness (QED) is 0.501. The standard InChI is InChI=1S/C25H20F2N4O2/c1-15(32)30-8-7-17-11-21(13-28-24(17)30)29-25(33)23-12-18-10-20(27)5-6-22(18)31(23)14-16-3-2-4-19(26)9-16/h2-6,9-13H,7-8,14H2,1H3,(H,29,33). The molecule has 0 atom stereocenters. The molecule has 4 aromatic rings. The van der Waals surface area contributed by atoms with Crippen LogP contribution in [0.1, 0.15) is 28.5 Å². The van der Waals surface area contributed by atoms with E-state index >= 15 is 0 Å². The highest BCUT2D eigenvalue weighted by atomic mass is 19.1. The van der Waals surface area contributed by atoms with Gasteiger partial charge in [-0.05, 0) is 60.0 Å². The second kappa shape index (κ2) is 8.12. The number of halogens is 2.